The molecule has 1 atom stereocenters. The van der Waals surface area contributed by atoms with Crippen LogP contribution in [0, 0.1) is 6.92 Å². The fourth-order valence-corrected chi connectivity index (χ4v) is 4.30. The zero-order valence-corrected chi connectivity index (χ0v) is 20.5. The maximum Gasteiger partial charge on any atom is 0.294 e. The van der Waals surface area contributed by atoms with Crippen molar-refractivity contribution in [2.75, 3.05) is 0 Å². The summed E-state index contributed by atoms with van der Waals surface area (Å²) >= 11 is 0. The van der Waals surface area contributed by atoms with Crippen LogP contribution in [0.5, 0.6) is 0 Å². The average molecular weight is 500 g/mol. The maximum absolute atomic E-state index is 12.0. The van der Waals surface area contributed by atoms with Crippen molar-refractivity contribution < 1.29 is 21.4 Å². The first-order valence-electron chi connectivity index (χ1n) is 10.6. The van der Waals surface area contributed by atoms with Crippen LogP contribution in [0.3, 0.4) is 0 Å². The van der Waals surface area contributed by atoms with E-state index in [1.165, 1.54) is 29.2 Å². The fourth-order valence-electron chi connectivity index (χ4n) is 2.83. The van der Waals surface area contributed by atoms with Crippen LogP contribution in [0.1, 0.15) is 17.5 Å². The normalized spacial score (nSPS) is 12.9. The monoisotopic (exact) mass is 499 g/mol. The van der Waals surface area contributed by atoms with Crippen LogP contribution < -0.4 is 5.73 Å². The Morgan fingerprint density at radius 3 is 1.91 bits per heavy atom. The molecule has 0 heterocycles. The smallest absolute Gasteiger partial charge is 0.294 e. The Morgan fingerprint density at radius 1 is 0.794 bits per heavy atom. The van der Waals surface area contributed by atoms with Gasteiger partial charge >= 0.3 is 0 Å². The Bertz CT molecular complexity index is 1280. The van der Waals surface area contributed by atoms with Gasteiger partial charge in [0.15, 0.2) is 9.84 Å². The molecule has 0 aliphatic heterocycles. The molecule has 34 heavy (non-hydrogen) atoms. The number of hydrogen-bond acceptors (Lipinski definition) is 5. The second-order valence-electron chi connectivity index (χ2n) is 7.55. The average Bonchev–Trinajstić information content (AvgIpc) is 2.82. The Hall–Kier alpha value is -3.04. The molecule has 3 aromatic carbocycles. The molecule has 0 fully saturated rings. The minimum absolute atomic E-state index is 0.0666. The number of hydrogen-bond donors (Lipinski definition) is 2. The predicted molar refractivity (Wildman–Crippen MR) is 136 cm³/mol. The number of sulfone groups is 1. The highest BCUT2D eigenvalue weighted by atomic mass is 32.2. The first-order valence-corrected chi connectivity index (χ1v) is 13.6. The first-order chi connectivity index (χ1) is 16.1. The van der Waals surface area contributed by atoms with Gasteiger partial charge in [0.05, 0.1) is 9.79 Å². The molecule has 8 heteroatoms. The highest BCUT2D eigenvalue weighted by Gasteiger charge is 2.08. The summed E-state index contributed by atoms with van der Waals surface area (Å²) < 4.78 is 53.6. The van der Waals surface area contributed by atoms with Crippen molar-refractivity contribution in [3.8, 4) is 0 Å². The van der Waals surface area contributed by atoms with Crippen molar-refractivity contribution >= 4 is 20.0 Å². The number of aryl methyl sites for hydroxylation is 2. The molecule has 0 aliphatic rings. The maximum atomic E-state index is 12.0. The van der Waals surface area contributed by atoms with E-state index in [2.05, 4.69) is 12.1 Å². The van der Waals surface area contributed by atoms with Crippen LogP contribution in [0.25, 0.3) is 0 Å². The van der Waals surface area contributed by atoms with Crippen LogP contribution in [0.15, 0.2) is 118 Å². The SMILES string of the molecule is Cc1ccc(S(=O)(=O)O)cc1.NC(C=CC=CS(=O)(=O)c1ccccc1)CCc1ccccc1. The predicted octanol–water partition coefficient (Wildman–Crippen LogP) is 4.73. The summed E-state index contributed by atoms with van der Waals surface area (Å²) in [5.41, 5.74) is 8.22. The lowest BCUT2D eigenvalue weighted by Crippen LogP contribution is -2.17. The van der Waals surface area contributed by atoms with Crippen molar-refractivity contribution in [2.45, 2.75) is 35.6 Å². The van der Waals surface area contributed by atoms with E-state index in [4.69, 9.17) is 10.3 Å². The topological polar surface area (TPSA) is 115 Å². The van der Waals surface area contributed by atoms with Gasteiger partial charge in [-0.15, -0.1) is 0 Å². The quantitative estimate of drug-likeness (QED) is 0.342. The zero-order valence-electron chi connectivity index (χ0n) is 18.9. The molecule has 180 valence electrons. The van der Waals surface area contributed by atoms with Crippen molar-refractivity contribution in [1.29, 1.82) is 0 Å². The van der Waals surface area contributed by atoms with E-state index in [1.54, 1.807) is 48.5 Å². The third-order valence-corrected chi connectivity index (χ3v) is 7.04. The molecular formula is C26H29NO5S2. The molecule has 3 aromatic rings. The molecule has 0 radical (unpaired) electrons. The van der Waals surface area contributed by atoms with Crippen molar-refractivity contribution in [1.82, 2.24) is 0 Å². The summed E-state index contributed by atoms with van der Waals surface area (Å²) in [4.78, 5) is 0.223. The molecule has 3 rings (SSSR count). The molecule has 0 aromatic heterocycles. The molecule has 0 saturated heterocycles. The highest BCUT2D eigenvalue weighted by Crippen LogP contribution is 2.11. The molecular weight excluding hydrogens is 470 g/mol. The molecule has 0 amide bonds. The number of nitrogens with two attached hydrogens (primary N) is 1. The van der Waals surface area contributed by atoms with E-state index in [0.29, 0.717) is 0 Å². The lowest BCUT2D eigenvalue weighted by atomic mass is 10.1. The summed E-state index contributed by atoms with van der Waals surface area (Å²) in [6.07, 6.45) is 6.75. The highest BCUT2D eigenvalue weighted by molar-refractivity contribution is 7.94. The second kappa shape index (κ2) is 13.0. The first kappa shape index (κ1) is 27.2. The van der Waals surface area contributed by atoms with E-state index in [-0.39, 0.29) is 15.8 Å². The van der Waals surface area contributed by atoms with Crippen LogP contribution in [-0.4, -0.2) is 27.4 Å². The molecule has 0 bridgehead atoms. The molecule has 0 saturated carbocycles. The van der Waals surface area contributed by atoms with Gasteiger partial charge in [0.2, 0.25) is 0 Å². The molecule has 3 N–H and O–H groups in total. The van der Waals surface area contributed by atoms with E-state index in [1.807, 2.05) is 31.2 Å². The molecule has 0 aliphatic carbocycles. The van der Waals surface area contributed by atoms with E-state index >= 15 is 0 Å². The van der Waals surface area contributed by atoms with Gasteiger partial charge in [-0.2, -0.15) is 8.42 Å². The number of benzene rings is 3. The van der Waals surface area contributed by atoms with Gasteiger partial charge in [-0.05, 0) is 49.6 Å². The molecule has 1 unspecified atom stereocenters. The minimum Gasteiger partial charge on any atom is -0.324 e. The Kier molecular flexibility index (Phi) is 10.4. The van der Waals surface area contributed by atoms with Crippen LogP contribution >= 0.6 is 0 Å². The lowest BCUT2D eigenvalue weighted by molar-refractivity contribution is 0.483. The third kappa shape index (κ3) is 9.84. The van der Waals surface area contributed by atoms with Gasteiger partial charge in [-0.1, -0.05) is 84.5 Å². The van der Waals surface area contributed by atoms with Crippen molar-refractivity contribution in [3.63, 3.8) is 0 Å². The second-order valence-corrected chi connectivity index (χ2v) is 10.8. The Labute approximate surface area is 202 Å². The van der Waals surface area contributed by atoms with Gasteiger partial charge in [0, 0.05) is 11.4 Å². The third-order valence-electron chi connectivity index (χ3n) is 4.73. The lowest BCUT2D eigenvalue weighted by Gasteiger charge is -2.05. The van der Waals surface area contributed by atoms with E-state index < -0.39 is 20.0 Å². The Morgan fingerprint density at radius 2 is 1.35 bits per heavy atom. The standard InChI is InChI=1S/C19H21NO2S.C7H8O3S/c20-18(15-14-17-9-3-1-4-10-17)11-7-8-16-23(21,22)19-12-5-2-6-13-19;1-6-2-4-7(5-3-6)11(8,9)10/h1-13,16,18H,14-15,20H2;2-5H,1H3,(H,8,9,10). The minimum atomic E-state index is -4.02. The van der Waals surface area contributed by atoms with Gasteiger partial charge < -0.3 is 5.73 Å². The van der Waals surface area contributed by atoms with Gasteiger partial charge in [-0.25, -0.2) is 8.42 Å². The van der Waals surface area contributed by atoms with Gasteiger partial charge in [0.25, 0.3) is 10.1 Å². The van der Waals surface area contributed by atoms with Crippen molar-refractivity contribution in [2.24, 2.45) is 5.73 Å². The zero-order chi connectivity index (χ0) is 25.0. The van der Waals surface area contributed by atoms with Gasteiger partial charge in [0.1, 0.15) is 0 Å². The van der Waals surface area contributed by atoms with Crippen LogP contribution in [0.2, 0.25) is 0 Å². The number of rotatable bonds is 8. The summed E-state index contributed by atoms with van der Waals surface area (Å²) in [7, 11) is -7.41. The summed E-state index contributed by atoms with van der Waals surface area (Å²) in [5.74, 6) is 0. The number of allylic oxidation sites excluding steroid dienone is 2. The van der Waals surface area contributed by atoms with Crippen LogP contribution in [-0.2, 0) is 26.4 Å². The molecule has 6 nitrogen and oxygen atoms in total. The fraction of sp³-hybridized carbons (Fsp3) is 0.154. The van der Waals surface area contributed by atoms with Crippen LogP contribution in [0.4, 0.5) is 0 Å². The van der Waals surface area contributed by atoms with Gasteiger partial charge in [-0.3, -0.25) is 4.55 Å². The Balaban J connectivity index is 0.000000310. The van der Waals surface area contributed by atoms with E-state index in [9.17, 15) is 16.8 Å². The largest absolute Gasteiger partial charge is 0.324 e. The molecule has 0 spiro atoms. The van der Waals surface area contributed by atoms with E-state index in [0.717, 1.165) is 18.4 Å². The van der Waals surface area contributed by atoms with Crippen molar-refractivity contribution in [3.05, 3.63) is 120 Å². The summed E-state index contributed by atoms with van der Waals surface area (Å²) in [5, 5.41) is 1.20. The summed E-state index contributed by atoms with van der Waals surface area (Å²) in [6.45, 7) is 1.84. The summed E-state index contributed by atoms with van der Waals surface area (Å²) in [6, 6.07) is 24.4.